The highest BCUT2D eigenvalue weighted by atomic mass is 32.1. The summed E-state index contributed by atoms with van der Waals surface area (Å²) in [4.78, 5) is 5.90. The summed E-state index contributed by atoms with van der Waals surface area (Å²) in [5, 5.41) is 0. The van der Waals surface area contributed by atoms with E-state index < -0.39 is 0 Å². The standard InChI is InChI=1S/C13H20N2S/c1-9(2)14-8-15(10(3)4)13-7-11(16)5-6-12(13)14/h5-7,9-10,16H,8H2,1-4H3. The van der Waals surface area contributed by atoms with Gasteiger partial charge in [-0.2, -0.15) is 0 Å². The lowest BCUT2D eigenvalue weighted by molar-refractivity contribution is 0.641. The molecule has 1 aromatic carbocycles. The van der Waals surface area contributed by atoms with E-state index in [-0.39, 0.29) is 0 Å². The van der Waals surface area contributed by atoms with Crippen molar-refractivity contribution in [3.8, 4) is 0 Å². The van der Waals surface area contributed by atoms with Crippen molar-refractivity contribution in [3.05, 3.63) is 18.2 Å². The Kier molecular flexibility index (Phi) is 3.06. The van der Waals surface area contributed by atoms with Crippen molar-refractivity contribution >= 4 is 24.0 Å². The molecule has 0 radical (unpaired) electrons. The van der Waals surface area contributed by atoms with E-state index >= 15 is 0 Å². The highest BCUT2D eigenvalue weighted by Gasteiger charge is 2.28. The Morgan fingerprint density at radius 3 is 2.12 bits per heavy atom. The molecule has 88 valence electrons. The molecule has 1 aliphatic rings. The zero-order valence-corrected chi connectivity index (χ0v) is 11.3. The molecule has 1 aliphatic heterocycles. The fraction of sp³-hybridized carbons (Fsp3) is 0.538. The van der Waals surface area contributed by atoms with E-state index in [9.17, 15) is 0 Å². The number of anilines is 2. The molecule has 0 N–H and O–H groups in total. The van der Waals surface area contributed by atoms with Gasteiger partial charge in [-0.25, -0.2) is 0 Å². The maximum atomic E-state index is 4.43. The third-order valence-corrected chi connectivity index (χ3v) is 3.41. The van der Waals surface area contributed by atoms with Crippen LogP contribution in [-0.4, -0.2) is 18.8 Å². The molecule has 0 bridgehead atoms. The third kappa shape index (κ3) is 1.88. The van der Waals surface area contributed by atoms with E-state index in [1.165, 1.54) is 11.4 Å². The first kappa shape index (κ1) is 11.6. The molecule has 0 saturated heterocycles. The molecule has 2 nitrogen and oxygen atoms in total. The van der Waals surface area contributed by atoms with E-state index in [0.29, 0.717) is 12.1 Å². The van der Waals surface area contributed by atoms with Crippen LogP contribution >= 0.6 is 12.6 Å². The second kappa shape index (κ2) is 4.21. The number of hydrogen-bond donors (Lipinski definition) is 1. The van der Waals surface area contributed by atoms with Crippen molar-refractivity contribution < 1.29 is 0 Å². The molecule has 1 aromatic rings. The van der Waals surface area contributed by atoms with Crippen molar-refractivity contribution in [2.75, 3.05) is 16.5 Å². The zero-order chi connectivity index (χ0) is 11.9. The van der Waals surface area contributed by atoms with Crippen molar-refractivity contribution in [1.82, 2.24) is 0 Å². The first-order chi connectivity index (χ1) is 7.50. The van der Waals surface area contributed by atoms with E-state index in [2.05, 4.69) is 68.3 Å². The lowest BCUT2D eigenvalue weighted by Gasteiger charge is -2.27. The minimum Gasteiger partial charge on any atom is -0.350 e. The molecule has 0 aromatic heterocycles. The number of nitrogens with zero attached hydrogens (tertiary/aromatic N) is 2. The predicted octanol–water partition coefficient (Wildman–Crippen LogP) is 3.38. The quantitative estimate of drug-likeness (QED) is 0.787. The van der Waals surface area contributed by atoms with Gasteiger partial charge in [0, 0.05) is 17.0 Å². The molecule has 3 heteroatoms. The molecule has 0 unspecified atom stereocenters. The number of fused-ring (bicyclic) bond motifs is 1. The smallest absolute Gasteiger partial charge is 0.0909 e. The Morgan fingerprint density at radius 1 is 1.00 bits per heavy atom. The van der Waals surface area contributed by atoms with Crippen molar-refractivity contribution in [2.45, 2.75) is 44.7 Å². The summed E-state index contributed by atoms with van der Waals surface area (Å²) >= 11 is 4.43. The van der Waals surface area contributed by atoms with Gasteiger partial charge in [0.05, 0.1) is 18.0 Å². The molecule has 2 rings (SSSR count). The van der Waals surface area contributed by atoms with Crippen LogP contribution in [0.25, 0.3) is 0 Å². The lowest BCUT2D eigenvalue weighted by atomic mass is 10.2. The maximum Gasteiger partial charge on any atom is 0.0909 e. The van der Waals surface area contributed by atoms with E-state index in [1.807, 2.05) is 0 Å². The average molecular weight is 236 g/mol. The second-order valence-corrected chi connectivity index (χ2v) is 5.46. The van der Waals surface area contributed by atoms with Gasteiger partial charge in [0.15, 0.2) is 0 Å². The van der Waals surface area contributed by atoms with E-state index in [1.54, 1.807) is 0 Å². The summed E-state index contributed by atoms with van der Waals surface area (Å²) in [6.07, 6.45) is 0. The molecular weight excluding hydrogens is 216 g/mol. The Bertz CT molecular complexity index is 388. The topological polar surface area (TPSA) is 6.48 Å². The van der Waals surface area contributed by atoms with Gasteiger partial charge in [-0.05, 0) is 45.9 Å². The maximum absolute atomic E-state index is 4.43. The molecule has 1 heterocycles. The van der Waals surface area contributed by atoms with E-state index in [0.717, 1.165) is 11.6 Å². The monoisotopic (exact) mass is 236 g/mol. The number of rotatable bonds is 2. The largest absolute Gasteiger partial charge is 0.350 e. The summed E-state index contributed by atoms with van der Waals surface area (Å²) in [6.45, 7) is 9.93. The number of thiol groups is 1. The minimum atomic E-state index is 0.526. The SMILES string of the molecule is CC(C)N1CN(C(C)C)c2cc(S)ccc21. The molecule has 0 saturated carbocycles. The van der Waals surface area contributed by atoms with Gasteiger partial charge in [0.1, 0.15) is 0 Å². The molecule has 0 aliphatic carbocycles. The summed E-state index contributed by atoms with van der Waals surface area (Å²) in [5.74, 6) is 0. The normalized spacial score (nSPS) is 15.2. The summed E-state index contributed by atoms with van der Waals surface area (Å²) in [6, 6.07) is 7.48. The van der Waals surface area contributed by atoms with Crippen LogP contribution in [0.4, 0.5) is 11.4 Å². The fourth-order valence-electron chi connectivity index (χ4n) is 2.18. The van der Waals surface area contributed by atoms with Crippen LogP contribution in [-0.2, 0) is 0 Å². The zero-order valence-electron chi connectivity index (χ0n) is 10.4. The first-order valence-corrected chi connectivity index (χ1v) is 6.31. The van der Waals surface area contributed by atoms with Crippen LogP contribution in [0.2, 0.25) is 0 Å². The van der Waals surface area contributed by atoms with Gasteiger partial charge in [-0.15, -0.1) is 12.6 Å². The fourth-order valence-corrected chi connectivity index (χ4v) is 2.38. The molecule has 0 spiro atoms. The van der Waals surface area contributed by atoms with E-state index in [4.69, 9.17) is 0 Å². The summed E-state index contributed by atoms with van der Waals surface area (Å²) < 4.78 is 0. The molecular formula is C13H20N2S. The number of benzene rings is 1. The summed E-state index contributed by atoms with van der Waals surface area (Å²) in [5.41, 5.74) is 2.65. The molecule has 0 atom stereocenters. The van der Waals surface area contributed by atoms with Crippen LogP contribution < -0.4 is 9.80 Å². The Hall–Kier alpha value is -0.830. The van der Waals surface area contributed by atoms with Gasteiger partial charge in [-0.1, -0.05) is 0 Å². The van der Waals surface area contributed by atoms with Gasteiger partial charge >= 0.3 is 0 Å². The second-order valence-electron chi connectivity index (χ2n) is 4.94. The van der Waals surface area contributed by atoms with Crippen LogP contribution in [0.3, 0.4) is 0 Å². The third-order valence-electron chi connectivity index (χ3n) is 3.13. The average Bonchev–Trinajstić information content (AvgIpc) is 2.56. The predicted molar refractivity (Wildman–Crippen MR) is 73.8 cm³/mol. The van der Waals surface area contributed by atoms with Crippen molar-refractivity contribution in [2.24, 2.45) is 0 Å². The van der Waals surface area contributed by atoms with Crippen molar-refractivity contribution in [3.63, 3.8) is 0 Å². The minimum absolute atomic E-state index is 0.526. The van der Waals surface area contributed by atoms with Gasteiger partial charge in [0.25, 0.3) is 0 Å². The van der Waals surface area contributed by atoms with Crippen LogP contribution in [0.1, 0.15) is 27.7 Å². The first-order valence-electron chi connectivity index (χ1n) is 5.87. The lowest BCUT2D eigenvalue weighted by Crippen LogP contribution is -2.38. The summed E-state index contributed by atoms with van der Waals surface area (Å²) in [7, 11) is 0. The Labute approximate surface area is 104 Å². The number of hydrogen-bond acceptors (Lipinski definition) is 3. The van der Waals surface area contributed by atoms with Gasteiger partial charge < -0.3 is 9.80 Å². The van der Waals surface area contributed by atoms with Crippen LogP contribution in [0.5, 0.6) is 0 Å². The van der Waals surface area contributed by atoms with Gasteiger partial charge in [-0.3, -0.25) is 0 Å². The Morgan fingerprint density at radius 2 is 1.56 bits per heavy atom. The van der Waals surface area contributed by atoms with Crippen molar-refractivity contribution in [1.29, 1.82) is 0 Å². The Balaban J connectivity index is 2.44. The van der Waals surface area contributed by atoms with Crippen LogP contribution in [0.15, 0.2) is 23.1 Å². The highest BCUT2D eigenvalue weighted by Crippen LogP contribution is 2.39. The molecule has 0 amide bonds. The van der Waals surface area contributed by atoms with Gasteiger partial charge in [0.2, 0.25) is 0 Å². The van der Waals surface area contributed by atoms with Crippen LogP contribution in [0, 0.1) is 0 Å². The molecule has 16 heavy (non-hydrogen) atoms. The molecule has 0 fully saturated rings. The highest BCUT2D eigenvalue weighted by molar-refractivity contribution is 7.80.